The lowest BCUT2D eigenvalue weighted by atomic mass is 9.98. The van der Waals surface area contributed by atoms with E-state index >= 15 is 0 Å². The number of benzene rings is 2. The first-order chi connectivity index (χ1) is 9.24. The van der Waals surface area contributed by atoms with Crippen LogP contribution in [0.25, 0.3) is 11.1 Å². The molecule has 0 spiro atoms. The van der Waals surface area contributed by atoms with E-state index in [-0.39, 0.29) is 6.10 Å². The smallest absolute Gasteiger partial charge is 0.120 e. The maximum absolute atomic E-state index is 5.78. The fourth-order valence-corrected chi connectivity index (χ4v) is 2.62. The van der Waals surface area contributed by atoms with Crippen molar-refractivity contribution in [2.24, 2.45) is 0 Å². The van der Waals surface area contributed by atoms with Crippen LogP contribution in [0.5, 0.6) is 5.75 Å². The van der Waals surface area contributed by atoms with Crippen molar-refractivity contribution in [1.82, 2.24) is 0 Å². The minimum atomic E-state index is 0.207. The quantitative estimate of drug-likeness (QED) is 0.888. The largest absolute Gasteiger partial charge is 0.491 e. The summed E-state index contributed by atoms with van der Waals surface area (Å²) in [6.45, 7) is 5.14. The first kappa shape index (κ1) is 12.1. The molecule has 1 aliphatic heterocycles. The Morgan fingerprint density at radius 2 is 1.95 bits per heavy atom. The van der Waals surface area contributed by atoms with Crippen LogP contribution in [-0.4, -0.2) is 12.6 Å². The highest BCUT2D eigenvalue weighted by Crippen LogP contribution is 2.34. The molecule has 19 heavy (non-hydrogen) atoms. The van der Waals surface area contributed by atoms with Gasteiger partial charge in [0.1, 0.15) is 5.75 Å². The Balaban J connectivity index is 2.01. The summed E-state index contributed by atoms with van der Waals surface area (Å²) in [5.74, 6) is 0.941. The molecule has 0 atom stereocenters. The zero-order valence-corrected chi connectivity index (χ0v) is 11.4. The second-order valence-corrected chi connectivity index (χ2v) is 5.20. The molecule has 1 N–H and O–H groups in total. The fraction of sp³-hybridized carbons (Fsp3) is 0.294. The number of hydrogen-bond acceptors (Lipinski definition) is 2. The van der Waals surface area contributed by atoms with Gasteiger partial charge in [0, 0.05) is 12.2 Å². The van der Waals surface area contributed by atoms with Gasteiger partial charge in [0.25, 0.3) is 0 Å². The molecule has 0 fully saturated rings. The van der Waals surface area contributed by atoms with E-state index in [0.29, 0.717) is 0 Å². The Hall–Kier alpha value is -1.96. The summed E-state index contributed by atoms with van der Waals surface area (Å²) in [5, 5.41) is 3.43. The van der Waals surface area contributed by atoms with E-state index in [4.69, 9.17) is 4.74 Å². The lowest BCUT2D eigenvalue weighted by molar-refractivity contribution is 0.242. The molecule has 0 aliphatic carbocycles. The Morgan fingerprint density at radius 3 is 2.79 bits per heavy atom. The number of rotatable bonds is 3. The molecule has 0 unspecified atom stereocenters. The average molecular weight is 253 g/mol. The molecule has 0 bridgehead atoms. The van der Waals surface area contributed by atoms with E-state index in [1.807, 2.05) is 6.07 Å². The van der Waals surface area contributed by atoms with E-state index in [2.05, 4.69) is 55.6 Å². The molecule has 0 amide bonds. The zero-order chi connectivity index (χ0) is 13.2. The third-order valence-corrected chi connectivity index (χ3v) is 3.38. The molecule has 2 aromatic rings. The van der Waals surface area contributed by atoms with Crippen molar-refractivity contribution in [2.75, 3.05) is 11.9 Å². The van der Waals surface area contributed by atoms with Crippen LogP contribution in [0.15, 0.2) is 42.5 Å². The van der Waals surface area contributed by atoms with Gasteiger partial charge in [-0.2, -0.15) is 0 Å². The predicted octanol–water partition coefficient (Wildman–Crippen LogP) is 4.11. The van der Waals surface area contributed by atoms with Crippen molar-refractivity contribution in [1.29, 1.82) is 0 Å². The summed E-state index contributed by atoms with van der Waals surface area (Å²) >= 11 is 0. The Labute approximate surface area is 114 Å². The number of hydrogen-bond donors (Lipinski definition) is 1. The number of nitrogens with one attached hydrogen (secondary N) is 1. The van der Waals surface area contributed by atoms with Crippen molar-refractivity contribution in [2.45, 2.75) is 26.4 Å². The molecule has 1 aliphatic rings. The molecule has 3 rings (SSSR count). The standard InChI is InChI=1S/C17H19NO/c1-12(2)19-14-6-3-5-13(11-14)15-7-4-8-17-16(15)9-10-18-17/h3-8,11-12,18H,9-10H2,1-2H3. The van der Waals surface area contributed by atoms with Gasteiger partial charge in [0.05, 0.1) is 6.10 Å². The van der Waals surface area contributed by atoms with E-state index in [0.717, 1.165) is 18.7 Å². The molecule has 98 valence electrons. The zero-order valence-electron chi connectivity index (χ0n) is 11.4. The third kappa shape index (κ3) is 2.43. The SMILES string of the molecule is CC(C)Oc1cccc(-c2cccc3c2CCN3)c1. The van der Waals surface area contributed by atoms with E-state index in [9.17, 15) is 0 Å². The van der Waals surface area contributed by atoms with Gasteiger partial charge < -0.3 is 10.1 Å². The van der Waals surface area contributed by atoms with E-state index in [1.54, 1.807) is 0 Å². The van der Waals surface area contributed by atoms with Gasteiger partial charge in [0.15, 0.2) is 0 Å². The normalized spacial score (nSPS) is 13.2. The average Bonchev–Trinajstić information content (AvgIpc) is 2.86. The Morgan fingerprint density at radius 1 is 1.11 bits per heavy atom. The van der Waals surface area contributed by atoms with Crippen LogP contribution < -0.4 is 10.1 Å². The summed E-state index contributed by atoms with van der Waals surface area (Å²) in [4.78, 5) is 0. The maximum Gasteiger partial charge on any atom is 0.120 e. The fourth-order valence-electron chi connectivity index (χ4n) is 2.62. The van der Waals surface area contributed by atoms with Crippen LogP contribution >= 0.6 is 0 Å². The third-order valence-electron chi connectivity index (χ3n) is 3.38. The summed E-state index contributed by atoms with van der Waals surface area (Å²) in [7, 11) is 0. The highest BCUT2D eigenvalue weighted by atomic mass is 16.5. The molecular formula is C17H19NO. The molecule has 2 nitrogen and oxygen atoms in total. The Bertz CT molecular complexity index is 590. The minimum absolute atomic E-state index is 0.207. The topological polar surface area (TPSA) is 21.3 Å². The summed E-state index contributed by atoms with van der Waals surface area (Å²) < 4.78 is 5.78. The summed E-state index contributed by atoms with van der Waals surface area (Å²) in [6, 6.07) is 14.8. The molecule has 0 radical (unpaired) electrons. The van der Waals surface area contributed by atoms with Crippen LogP contribution in [0.2, 0.25) is 0 Å². The molecule has 2 aromatic carbocycles. The highest BCUT2D eigenvalue weighted by molar-refractivity contribution is 5.76. The second-order valence-electron chi connectivity index (χ2n) is 5.20. The first-order valence-corrected chi connectivity index (χ1v) is 6.87. The van der Waals surface area contributed by atoms with E-state index < -0.39 is 0 Å². The van der Waals surface area contributed by atoms with Gasteiger partial charge in [0.2, 0.25) is 0 Å². The van der Waals surface area contributed by atoms with Gasteiger partial charge in [-0.25, -0.2) is 0 Å². The summed E-state index contributed by atoms with van der Waals surface area (Å²) in [5.41, 5.74) is 5.24. The van der Waals surface area contributed by atoms with Crippen LogP contribution in [0, 0.1) is 0 Å². The van der Waals surface area contributed by atoms with Crippen LogP contribution in [0.4, 0.5) is 5.69 Å². The molecule has 0 saturated carbocycles. The monoisotopic (exact) mass is 253 g/mol. The number of anilines is 1. The lowest BCUT2D eigenvalue weighted by Gasteiger charge is -2.12. The van der Waals surface area contributed by atoms with Crippen molar-refractivity contribution < 1.29 is 4.74 Å². The van der Waals surface area contributed by atoms with Gasteiger partial charge in [-0.3, -0.25) is 0 Å². The van der Waals surface area contributed by atoms with Gasteiger partial charge in [-0.15, -0.1) is 0 Å². The van der Waals surface area contributed by atoms with Crippen molar-refractivity contribution in [3.63, 3.8) is 0 Å². The van der Waals surface area contributed by atoms with Crippen LogP contribution in [0.1, 0.15) is 19.4 Å². The highest BCUT2D eigenvalue weighted by Gasteiger charge is 2.15. The second kappa shape index (κ2) is 4.96. The molecule has 1 heterocycles. The van der Waals surface area contributed by atoms with Crippen LogP contribution in [-0.2, 0) is 6.42 Å². The lowest BCUT2D eigenvalue weighted by Crippen LogP contribution is -2.05. The van der Waals surface area contributed by atoms with Crippen LogP contribution in [0.3, 0.4) is 0 Å². The number of ether oxygens (including phenoxy) is 1. The van der Waals surface area contributed by atoms with Gasteiger partial charge in [-0.1, -0.05) is 24.3 Å². The molecule has 0 saturated heterocycles. The first-order valence-electron chi connectivity index (χ1n) is 6.87. The molecule has 2 heteroatoms. The van der Waals surface area contributed by atoms with Crippen molar-refractivity contribution in [3.05, 3.63) is 48.0 Å². The van der Waals surface area contributed by atoms with Crippen molar-refractivity contribution in [3.8, 4) is 16.9 Å². The molecule has 0 aromatic heterocycles. The van der Waals surface area contributed by atoms with Crippen molar-refractivity contribution >= 4 is 5.69 Å². The van der Waals surface area contributed by atoms with Gasteiger partial charge in [-0.05, 0) is 55.2 Å². The predicted molar refractivity (Wildman–Crippen MR) is 79.8 cm³/mol. The summed E-state index contributed by atoms with van der Waals surface area (Å²) in [6.07, 6.45) is 1.30. The minimum Gasteiger partial charge on any atom is -0.491 e. The maximum atomic E-state index is 5.78. The Kier molecular flexibility index (Phi) is 3.16. The van der Waals surface area contributed by atoms with E-state index in [1.165, 1.54) is 22.4 Å². The molecular weight excluding hydrogens is 234 g/mol. The number of fused-ring (bicyclic) bond motifs is 1. The van der Waals surface area contributed by atoms with Gasteiger partial charge >= 0.3 is 0 Å².